The van der Waals surface area contributed by atoms with Crippen LogP contribution in [0.25, 0.3) is 0 Å². The van der Waals surface area contributed by atoms with Crippen LogP contribution in [0.5, 0.6) is 0 Å². The molecule has 0 spiro atoms. The van der Waals surface area contributed by atoms with Gasteiger partial charge in [-0.05, 0) is 35.4 Å². The molecule has 0 aliphatic carbocycles. The van der Waals surface area contributed by atoms with E-state index in [-0.39, 0.29) is 5.41 Å². The Hall–Kier alpha value is -0.630. The van der Waals surface area contributed by atoms with Crippen LogP contribution in [0.1, 0.15) is 39.2 Å². The fourth-order valence-corrected chi connectivity index (χ4v) is 1.38. The Bertz CT molecular complexity index is 265. The smallest absolute Gasteiger partial charge is 0.222 e. The first kappa shape index (κ1) is 10.5. The molecule has 0 unspecified atom stereocenters. The first-order valence-electron chi connectivity index (χ1n) is 4.60. The Kier molecular flexibility index (Phi) is 3.26. The molecule has 72 valence electrons. The maximum atomic E-state index is 5.63. The van der Waals surface area contributed by atoms with Crippen molar-refractivity contribution in [3.63, 3.8) is 0 Å². The lowest BCUT2D eigenvalue weighted by atomic mass is 9.79. The van der Waals surface area contributed by atoms with Crippen LogP contribution in [0.4, 0.5) is 0 Å². The van der Waals surface area contributed by atoms with Gasteiger partial charge < -0.3 is 0 Å². The molecule has 13 heavy (non-hydrogen) atoms. The van der Waals surface area contributed by atoms with Crippen molar-refractivity contribution in [1.82, 2.24) is 9.97 Å². The molecular formula is C10H15ClN2. The molecule has 1 aromatic heterocycles. The van der Waals surface area contributed by atoms with Crippen LogP contribution in [0.3, 0.4) is 0 Å². The zero-order valence-electron chi connectivity index (χ0n) is 8.34. The van der Waals surface area contributed by atoms with Gasteiger partial charge in [0.25, 0.3) is 0 Å². The summed E-state index contributed by atoms with van der Waals surface area (Å²) >= 11 is 5.63. The monoisotopic (exact) mass is 198 g/mol. The zero-order valence-corrected chi connectivity index (χ0v) is 9.10. The highest BCUT2D eigenvalue weighted by molar-refractivity contribution is 6.28. The summed E-state index contributed by atoms with van der Waals surface area (Å²) < 4.78 is 0. The van der Waals surface area contributed by atoms with Crippen molar-refractivity contribution >= 4 is 11.6 Å². The van der Waals surface area contributed by atoms with E-state index >= 15 is 0 Å². The molecular weight excluding hydrogens is 184 g/mol. The first-order valence-corrected chi connectivity index (χ1v) is 4.98. The summed E-state index contributed by atoms with van der Waals surface area (Å²) in [7, 11) is 0. The van der Waals surface area contributed by atoms with Gasteiger partial charge in [0, 0.05) is 12.4 Å². The van der Waals surface area contributed by atoms with E-state index in [1.54, 1.807) is 0 Å². The zero-order chi connectivity index (χ0) is 9.90. The molecule has 0 N–H and O–H groups in total. The van der Waals surface area contributed by atoms with Crippen LogP contribution in [0, 0.1) is 0 Å². The van der Waals surface area contributed by atoms with E-state index in [1.807, 2.05) is 12.4 Å². The first-order chi connectivity index (χ1) is 6.12. The standard InChI is InChI=1S/C10H15ClN2/c1-4-10(3,5-2)8-6-12-9(11)13-7-8/h6-7H,4-5H2,1-3H3. The van der Waals surface area contributed by atoms with E-state index in [2.05, 4.69) is 30.7 Å². The number of hydrogen-bond donors (Lipinski definition) is 0. The molecule has 1 aromatic rings. The normalized spacial score (nSPS) is 11.7. The summed E-state index contributed by atoms with van der Waals surface area (Å²) in [6.07, 6.45) is 5.83. The Balaban J connectivity index is 2.99. The van der Waals surface area contributed by atoms with Crippen molar-refractivity contribution in [1.29, 1.82) is 0 Å². The van der Waals surface area contributed by atoms with E-state index < -0.39 is 0 Å². The van der Waals surface area contributed by atoms with Gasteiger partial charge in [0.15, 0.2) is 0 Å². The minimum Gasteiger partial charge on any atom is -0.226 e. The maximum Gasteiger partial charge on any atom is 0.222 e. The molecule has 0 saturated heterocycles. The van der Waals surface area contributed by atoms with Gasteiger partial charge in [0.05, 0.1) is 0 Å². The third kappa shape index (κ3) is 2.19. The Labute approximate surface area is 84.4 Å². The lowest BCUT2D eigenvalue weighted by Crippen LogP contribution is -2.19. The highest BCUT2D eigenvalue weighted by Gasteiger charge is 2.22. The molecule has 2 nitrogen and oxygen atoms in total. The Morgan fingerprint density at radius 3 is 2.08 bits per heavy atom. The third-order valence-electron chi connectivity index (χ3n) is 2.88. The Morgan fingerprint density at radius 2 is 1.69 bits per heavy atom. The molecule has 0 bridgehead atoms. The molecule has 1 rings (SSSR count). The van der Waals surface area contributed by atoms with E-state index in [0.717, 1.165) is 12.8 Å². The van der Waals surface area contributed by atoms with Crippen LogP contribution >= 0.6 is 11.6 Å². The fourth-order valence-electron chi connectivity index (χ4n) is 1.28. The van der Waals surface area contributed by atoms with Crippen molar-refractivity contribution in [2.24, 2.45) is 0 Å². The lowest BCUT2D eigenvalue weighted by molar-refractivity contribution is 0.436. The minimum absolute atomic E-state index is 0.185. The van der Waals surface area contributed by atoms with Gasteiger partial charge in [-0.3, -0.25) is 0 Å². The second kappa shape index (κ2) is 4.05. The topological polar surface area (TPSA) is 25.8 Å². The van der Waals surface area contributed by atoms with Crippen molar-refractivity contribution in [3.05, 3.63) is 23.2 Å². The second-order valence-electron chi connectivity index (χ2n) is 3.51. The summed E-state index contributed by atoms with van der Waals surface area (Å²) in [5.41, 5.74) is 1.35. The molecule has 0 atom stereocenters. The quantitative estimate of drug-likeness (QED) is 0.698. The molecule has 0 amide bonds. The summed E-state index contributed by atoms with van der Waals surface area (Å²) in [5, 5.41) is 0.318. The maximum absolute atomic E-state index is 5.63. The third-order valence-corrected chi connectivity index (χ3v) is 3.07. The summed E-state index contributed by atoms with van der Waals surface area (Å²) in [5.74, 6) is 0. The van der Waals surface area contributed by atoms with Gasteiger partial charge in [-0.1, -0.05) is 20.8 Å². The van der Waals surface area contributed by atoms with E-state index in [4.69, 9.17) is 11.6 Å². The van der Waals surface area contributed by atoms with Crippen molar-refractivity contribution in [2.45, 2.75) is 39.0 Å². The summed E-state index contributed by atoms with van der Waals surface area (Å²) in [4.78, 5) is 7.99. The predicted molar refractivity (Wildman–Crippen MR) is 55.0 cm³/mol. The van der Waals surface area contributed by atoms with E-state index in [1.165, 1.54) is 5.56 Å². The predicted octanol–water partition coefficient (Wildman–Crippen LogP) is 3.21. The summed E-state index contributed by atoms with van der Waals surface area (Å²) in [6.45, 7) is 6.58. The van der Waals surface area contributed by atoms with E-state index in [9.17, 15) is 0 Å². The number of halogens is 1. The number of nitrogens with zero attached hydrogens (tertiary/aromatic N) is 2. The van der Waals surface area contributed by atoms with E-state index in [0.29, 0.717) is 5.28 Å². The van der Waals surface area contributed by atoms with Gasteiger partial charge in [-0.2, -0.15) is 0 Å². The number of aromatic nitrogens is 2. The van der Waals surface area contributed by atoms with Crippen LogP contribution in [0.15, 0.2) is 12.4 Å². The van der Waals surface area contributed by atoms with Crippen LogP contribution in [0.2, 0.25) is 5.28 Å². The SMILES string of the molecule is CCC(C)(CC)c1cnc(Cl)nc1. The molecule has 0 aromatic carbocycles. The van der Waals surface area contributed by atoms with Crippen LogP contribution < -0.4 is 0 Å². The van der Waals surface area contributed by atoms with Gasteiger partial charge >= 0.3 is 0 Å². The largest absolute Gasteiger partial charge is 0.226 e. The average molecular weight is 199 g/mol. The lowest BCUT2D eigenvalue weighted by Gasteiger charge is -2.26. The van der Waals surface area contributed by atoms with Gasteiger partial charge in [0.2, 0.25) is 5.28 Å². The van der Waals surface area contributed by atoms with Crippen LogP contribution in [-0.2, 0) is 5.41 Å². The Morgan fingerprint density at radius 1 is 1.23 bits per heavy atom. The molecule has 0 saturated carbocycles. The van der Waals surface area contributed by atoms with Gasteiger partial charge in [0.1, 0.15) is 0 Å². The highest BCUT2D eigenvalue weighted by atomic mass is 35.5. The van der Waals surface area contributed by atoms with Crippen molar-refractivity contribution in [2.75, 3.05) is 0 Å². The van der Waals surface area contributed by atoms with Crippen molar-refractivity contribution in [3.8, 4) is 0 Å². The molecule has 3 heteroatoms. The number of rotatable bonds is 3. The minimum atomic E-state index is 0.185. The van der Waals surface area contributed by atoms with Gasteiger partial charge in [-0.15, -0.1) is 0 Å². The molecule has 0 aliphatic heterocycles. The number of hydrogen-bond acceptors (Lipinski definition) is 2. The van der Waals surface area contributed by atoms with Gasteiger partial charge in [-0.25, -0.2) is 9.97 Å². The molecule has 0 fully saturated rings. The molecule has 0 aliphatic rings. The van der Waals surface area contributed by atoms with Crippen LogP contribution in [-0.4, -0.2) is 9.97 Å². The van der Waals surface area contributed by atoms with Crippen molar-refractivity contribution < 1.29 is 0 Å². The molecule has 1 heterocycles. The highest BCUT2D eigenvalue weighted by Crippen LogP contribution is 2.29. The second-order valence-corrected chi connectivity index (χ2v) is 3.85. The fraction of sp³-hybridized carbons (Fsp3) is 0.600. The summed E-state index contributed by atoms with van der Waals surface area (Å²) in [6, 6.07) is 0. The average Bonchev–Trinajstić information content (AvgIpc) is 2.18. The molecule has 0 radical (unpaired) electrons.